The minimum atomic E-state index is -0.174. The molecule has 0 aliphatic carbocycles. The minimum Gasteiger partial charge on any atom is -0.370 e. The molecule has 0 saturated carbocycles. The smallest absolute Gasteiger partial charge is 0.193 e. The quantitative estimate of drug-likeness (QED) is 0.353. The summed E-state index contributed by atoms with van der Waals surface area (Å²) in [7, 11) is 0. The third kappa shape index (κ3) is 4.68. The number of aliphatic imine (C=N–C) groups is 1. The fourth-order valence-corrected chi connectivity index (χ4v) is 2.46. The Morgan fingerprint density at radius 3 is 2.65 bits per heavy atom. The summed E-state index contributed by atoms with van der Waals surface area (Å²) < 4.78 is 1.14. The number of benzene rings is 2. The van der Waals surface area contributed by atoms with E-state index in [9.17, 15) is 0 Å². The molecule has 0 saturated heterocycles. The zero-order valence-corrected chi connectivity index (χ0v) is 13.7. The van der Waals surface area contributed by atoms with Crippen LogP contribution in [0.15, 0.2) is 59.6 Å². The van der Waals surface area contributed by atoms with E-state index in [1.807, 2.05) is 54.6 Å². The van der Waals surface area contributed by atoms with Crippen LogP contribution in [0.1, 0.15) is 10.9 Å². The molecule has 2 aromatic rings. The largest absolute Gasteiger partial charge is 0.370 e. The molecular weight excluding hydrogens is 385 g/mol. The van der Waals surface area contributed by atoms with Gasteiger partial charge in [0.15, 0.2) is 5.96 Å². The standard InChI is InChI=1S/C15H15ClIN3/c16-14(11-5-2-1-3-6-11)10-19-15(18)20-13-8-4-7-12(17)9-13/h1-9,14H,10H2,(H3,18,19,20). The van der Waals surface area contributed by atoms with Gasteiger partial charge in [-0.15, -0.1) is 11.6 Å². The van der Waals surface area contributed by atoms with E-state index in [1.165, 1.54) is 0 Å². The lowest BCUT2D eigenvalue weighted by atomic mass is 10.1. The van der Waals surface area contributed by atoms with E-state index in [1.54, 1.807) is 0 Å². The topological polar surface area (TPSA) is 50.4 Å². The van der Waals surface area contributed by atoms with Crippen LogP contribution in [0.2, 0.25) is 0 Å². The molecule has 0 aromatic heterocycles. The number of nitrogens with zero attached hydrogens (tertiary/aromatic N) is 1. The number of hydrogen-bond donors (Lipinski definition) is 2. The molecule has 1 unspecified atom stereocenters. The van der Waals surface area contributed by atoms with Gasteiger partial charge in [-0.1, -0.05) is 36.4 Å². The predicted molar refractivity (Wildman–Crippen MR) is 94.3 cm³/mol. The van der Waals surface area contributed by atoms with Gasteiger partial charge in [0.25, 0.3) is 0 Å². The van der Waals surface area contributed by atoms with E-state index in [4.69, 9.17) is 17.3 Å². The van der Waals surface area contributed by atoms with Crippen LogP contribution >= 0.6 is 34.2 Å². The van der Waals surface area contributed by atoms with Crippen molar-refractivity contribution >= 4 is 45.8 Å². The molecular formula is C15H15ClIN3. The van der Waals surface area contributed by atoms with Gasteiger partial charge in [0, 0.05) is 9.26 Å². The Balaban J connectivity index is 1.94. The molecule has 0 radical (unpaired) electrons. The monoisotopic (exact) mass is 399 g/mol. The Morgan fingerprint density at radius 2 is 1.95 bits per heavy atom. The number of halogens is 2. The van der Waals surface area contributed by atoms with Crippen LogP contribution in [0.5, 0.6) is 0 Å². The van der Waals surface area contributed by atoms with Crippen LogP contribution in [0.25, 0.3) is 0 Å². The summed E-state index contributed by atoms with van der Waals surface area (Å²) in [6.07, 6.45) is 0. The van der Waals surface area contributed by atoms with Crippen LogP contribution < -0.4 is 11.1 Å². The van der Waals surface area contributed by atoms with Crippen LogP contribution in [0.3, 0.4) is 0 Å². The number of rotatable bonds is 4. The van der Waals surface area contributed by atoms with Crippen molar-refractivity contribution in [3.8, 4) is 0 Å². The highest BCUT2D eigenvalue weighted by Gasteiger charge is 2.06. The minimum absolute atomic E-state index is 0.174. The van der Waals surface area contributed by atoms with Gasteiger partial charge in [0.2, 0.25) is 0 Å². The Bertz CT molecular complexity index is 587. The third-order valence-corrected chi connectivity index (χ3v) is 3.74. The second-order valence-electron chi connectivity index (χ2n) is 4.24. The second-order valence-corrected chi connectivity index (χ2v) is 6.01. The first-order chi connectivity index (χ1) is 9.65. The number of anilines is 1. The molecule has 3 N–H and O–H groups in total. The van der Waals surface area contributed by atoms with E-state index in [2.05, 4.69) is 32.9 Å². The fraction of sp³-hybridized carbons (Fsp3) is 0.133. The van der Waals surface area contributed by atoms with E-state index >= 15 is 0 Å². The van der Waals surface area contributed by atoms with Crippen molar-refractivity contribution in [2.24, 2.45) is 10.7 Å². The zero-order chi connectivity index (χ0) is 14.4. The van der Waals surface area contributed by atoms with Gasteiger partial charge in [-0.05, 0) is 46.4 Å². The Hall–Kier alpha value is -1.27. The maximum atomic E-state index is 6.29. The predicted octanol–water partition coefficient (Wildman–Crippen LogP) is 4.00. The molecule has 0 spiro atoms. The first-order valence-corrected chi connectivity index (χ1v) is 7.68. The van der Waals surface area contributed by atoms with Gasteiger partial charge < -0.3 is 11.1 Å². The highest BCUT2D eigenvalue weighted by Crippen LogP contribution is 2.20. The molecule has 2 aromatic carbocycles. The lowest BCUT2D eigenvalue weighted by molar-refractivity contribution is 0.928. The normalized spacial score (nSPS) is 13.0. The molecule has 0 aliphatic heterocycles. The van der Waals surface area contributed by atoms with Crippen LogP contribution in [-0.4, -0.2) is 12.5 Å². The van der Waals surface area contributed by atoms with E-state index in [0.717, 1.165) is 14.8 Å². The molecule has 0 heterocycles. The molecule has 20 heavy (non-hydrogen) atoms. The maximum Gasteiger partial charge on any atom is 0.193 e. The lowest BCUT2D eigenvalue weighted by Gasteiger charge is -2.09. The van der Waals surface area contributed by atoms with Crippen LogP contribution in [0.4, 0.5) is 5.69 Å². The Labute approximate surface area is 137 Å². The summed E-state index contributed by atoms with van der Waals surface area (Å²) in [5.74, 6) is 0.369. The maximum absolute atomic E-state index is 6.29. The van der Waals surface area contributed by atoms with Crippen molar-refractivity contribution < 1.29 is 0 Å². The highest BCUT2D eigenvalue weighted by molar-refractivity contribution is 14.1. The Morgan fingerprint density at radius 1 is 1.20 bits per heavy atom. The lowest BCUT2D eigenvalue weighted by Crippen LogP contribution is -2.23. The molecule has 0 aliphatic rings. The van der Waals surface area contributed by atoms with E-state index in [0.29, 0.717) is 12.5 Å². The van der Waals surface area contributed by atoms with Crippen LogP contribution in [0, 0.1) is 3.57 Å². The summed E-state index contributed by atoms with van der Waals surface area (Å²) in [6.45, 7) is 0.439. The summed E-state index contributed by atoms with van der Waals surface area (Å²) in [5, 5.41) is 2.88. The van der Waals surface area contributed by atoms with Gasteiger partial charge in [0.05, 0.1) is 11.9 Å². The number of hydrogen-bond acceptors (Lipinski definition) is 1. The number of alkyl halides is 1. The van der Waals surface area contributed by atoms with Crippen molar-refractivity contribution in [3.05, 3.63) is 63.7 Å². The number of nitrogens with one attached hydrogen (secondary N) is 1. The van der Waals surface area contributed by atoms with Gasteiger partial charge in [-0.3, -0.25) is 4.99 Å². The highest BCUT2D eigenvalue weighted by atomic mass is 127. The van der Waals surface area contributed by atoms with Gasteiger partial charge >= 0.3 is 0 Å². The van der Waals surface area contributed by atoms with Crippen molar-refractivity contribution in [3.63, 3.8) is 0 Å². The zero-order valence-electron chi connectivity index (χ0n) is 10.8. The van der Waals surface area contributed by atoms with Crippen LogP contribution in [-0.2, 0) is 0 Å². The third-order valence-electron chi connectivity index (χ3n) is 2.68. The average Bonchev–Trinajstić information content (AvgIpc) is 2.46. The van der Waals surface area contributed by atoms with Crippen molar-refractivity contribution in [2.45, 2.75) is 5.38 Å². The number of nitrogens with two attached hydrogens (primary N) is 1. The molecule has 0 fully saturated rings. The van der Waals surface area contributed by atoms with E-state index in [-0.39, 0.29) is 5.38 Å². The molecule has 0 amide bonds. The summed E-state index contributed by atoms with van der Waals surface area (Å²) in [4.78, 5) is 4.27. The summed E-state index contributed by atoms with van der Waals surface area (Å²) in [5.41, 5.74) is 7.82. The van der Waals surface area contributed by atoms with Crippen molar-refractivity contribution in [1.29, 1.82) is 0 Å². The second kappa shape index (κ2) is 7.50. The molecule has 0 bridgehead atoms. The summed E-state index contributed by atoms with van der Waals surface area (Å²) in [6, 6.07) is 17.8. The van der Waals surface area contributed by atoms with Crippen molar-refractivity contribution in [2.75, 3.05) is 11.9 Å². The summed E-state index contributed by atoms with van der Waals surface area (Å²) >= 11 is 8.54. The molecule has 2 rings (SSSR count). The number of guanidine groups is 1. The fourth-order valence-electron chi connectivity index (χ4n) is 1.70. The Kier molecular flexibility index (Phi) is 5.67. The van der Waals surface area contributed by atoms with Gasteiger partial charge in [-0.2, -0.15) is 0 Å². The van der Waals surface area contributed by atoms with Crippen molar-refractivity contribution in [1.82, 2.24) is 0 Å². The average molecular weight is 400 g/mol. The SMILES string of the molecule is NC(=NCC(Cl)c1ccccc1)Nc1cccc(I)c1. The molecule has 3 nitrogen and oxygen atoms in total. The van der Waals surface area contributed by atoms with Gasteiger partial charge in [-0.25, -0.2) is 0 Å². The van der Waals surface area contributed by atoms with E-state index < -0.39 is 0 Å². The first-order valence-electron chi connectivity index (χ1n) is 6.16. The molecule has 104 valence electrons. The first kappa shape index (κ1) is 15.1. The van der Waals surface area contributed by atoms with Gasteiger partial charge in [0.1, 0.15) is 0 Å². The molecule has 1 atom stereocenters. The molecule has 5 heteroatoms.